The van der Waals surface area contributed by atoms with Gasteiger partial charge in [-0.25, -0.2) is 9.59 Å². The first kappa shape index (κ1) is 29.3. The number of alkyl halides is 6. The second-order valence-corrected chi connectivity index (χ2v) is 7.30. The molecule has 2 rings (SSSR count). The SMILES string of the molecule is Cc1cc(OC(F)(F)F)cc2c1OC(C(F)(F)F)C(C(=O)OC(C)OC(=O)OCCCCO[N+](=O)[O-])=C2. The third kappa shape index (κ3) is 9.23. The molecule has 0 aliphatic carbocycles. The molecule has 17 heteroatoms. The van der Waals surface area contributed by atoms with Crippen molar-refractivity contribution in [1.29, 1.82) is 0 Å². The van der Waals surface area contributed by atoms with E-state index < -0.39 is 59.2 Å². The number of unbranched alkanes of at least 4 members (excludes halogenated alkanes) is 1. The van der Waals surface area contributed by atoms with Crippen molar-refractivity contribution in [2.24, 2.45) is 0 Å². The Morgan fingerprint density at radius 3 is 2.35 bits per heavy atom. The third-order valence-corrected chi connectivity index (χ3v) is 4.36. The fourth-order valence-corrected chi connectivity index (χ4v) is 2.97. The maximum Gasteiger partial charge on any atom is 0.573 e. The van der Waals surface area contributed by atoms with Gasteiger partial charge in [0, 0.05) is 12.5 Å². The van der Waals surface area contributed by atoms with E-state index in [2.05, 4.69) is 19.0 Å². The number of nitrogens with zero attached hydrogens (tertiary/aromatic N) is 1. The molecule has 1 aliphatic heterocycles. The average Bonchev–Trinajstić information content (AvgIpc) is 2.73. The zero-order valence-corrected chi connectivity index (χ0v) is 19.0. The Hall–Kier alpha value is -3.92. The van der Waals surface area contributed by atoms with Crippen LogP contribution in [0.5, 0.6) is 11.5 Å². The Kier molecular flexibility index (Phi) is 9.41. The molecular weight excluding hydrogens is 528 g/mol. The number of carbonyl (C=O) groups excluding carboxylic acids is 2. The molecule has 0 radical (unpaired) electrons. The van der Waals surface area contributed by atoms with Gasteiger partial charge in [-0.1, -0.05) is 0 Å². The van der Waals surface area contributed by atoms with E-state index in [9.17, 15) is 46.0 Å². The number of hydrogen-bond acceptors (Lipinski definition) is 10. The van der Waals surface area contributed by atoms with E-state index in [1.54, 1.807) is 0 Å². The van der Waals surface area contributed by atoms with Gasteiger partial charge >= 0.3 is 24.7 Å². The minimum absolute atomic E-state index is 0.126. The highest BCUT2D eigenvalue weighted by atomic mass is 19.4. The molecule has 0 amide bonds. The number of halogens is 6. The first-order valence-corrected chi connectivity index (χ1v) is 10.2. The van der Waals surface area contributed by atoms with E-state index in [-0.39, 0.29) is 37.2 Å². The second kappa shape index (κ2) is 11.9. The average molecular weight is 547 g/mol. The Morgan fingerprint density at radius 2 is 1.76 bits per heavy atom. The lowest BCUT2D eigenvalue weighted by Gasteiger charge is -2.29. The lowest BCUT2D eigenvalue weighted by molar-refractivity contribution is -0.757. The molecule has 1 aliphatic rings. The number of aryl methyl sites for hydroxylation is 1. The summed E-state index contributed by atoms with van der Waals surface area (Å²) >= 11 is 0. The minimum atomic E-state index is -5.13. The van der Waals surface area contributed by atoms with Crippen molar-refractivity contribution in [2.45, 2.75) is 51.6 Å². The number of fused-ring (bicyclic) bond motifs is 1. The number of carbonyl (C=O) groups is 2. The molecule has 0 aromatic heterocycles. The topological polar surface area (TPSA) is 133 Å². The highest BCUT2D eigenvalue weighted by Crippen LogP contribution is 2.41. The zero-order chi connectivity index (χ0) is 28.0. The van der Waals surface area contributed by atoms with Gasteiger partial charge in [0.25, 0.3) is 5.09 Å². The largest absolute Gasteiger partial charge is 0.573 e. The van der Waals surface area contributed by atoms with E-state index in [1.807, 2.05) is 0 Å². The smallest absolute Gasteiger partial charge is 0.475 e. The summed E-state index contributed by atoms with van der Waals surface area (Å²) in [7, 11) is 0. The fourth-order valence-electron chi connectivity index (χ4n) is 2.97. The maximum absolute atomic E-state index is 13.6. The number of hydrogen-bond donors (Lipinski definition) is 0. The molecule has 1 aromatic rings. The molecule has 0 N–H and O–H groups in total. The van der Waals surface area contributed by atoms with E-state index in [4.69, 9.17) is 9.47 Å². The van der Waals surface area contributed by atoms with Crippen molar-refractivity contribution in [2.75, 3.05) is 13.2 Å². The summed E-state index contributed by atoms with van der Waals surface area (Å²) < 4.78 is 101. The molecule has 2 atom stereocenters. The van der Waals surface area contributed by atoms with E-state index in [0.717, 1.165) is 19.1 Å². The van der Waals surface area contributed by atoms with Gasteiger partial charge < -0.3 is 28.5 Å². The second-order valence-electron chi connectivity index (χ2n) is 7.30. The van der Waals surface area contributed by atoms with Crippen LogP contribution in [0.3, 0.4) is 0 Å². The van der Waals surface area contributed by atoms with Crippen LogP contribution in [0.4, 0.5) is 31.1 Å². The van der Waals surface area contributed by atoms with Crippen LogP contribution in [0.2, 0.25) is 0 Å². The van der Waals surface area contributed by atoms with Crippen LogP contribution >= 0.6 is 0 Å². The van der Waals surface area contributed by atoms with Gasteiger partial charge in [0.1, 0.15) is 11.5 Å². The number of esters is 1. The summed E-state index contributed by atoms with van der Waals surface area (Å²) in [5.74, 6) is -2.82. The van der Waals surface area contributed by atoms with Crippen molar-refractivity contribution >= 4 is 18.2 Å². The molecule has 11 nitrogen and oxygen atoms in total. The highest BCUT2D eigenvalue weighted by Gasteiger charge is 2.49. The molecule has 206 valence electrons. The van der Waals surface area contributed by atoms with Crippen LogP contribution in [0.1, 0.15) is 30.9 Å². The van der Waals surface area contributed by atoms with E-state index >= 15 is 0 Å². The molecule has 0 saturated heterocycles. The van der Waals surface area contributed by atoms with Gasteiger partial charge in [0.05, 0.1) is 18.8 Å². The lowest BCUT2D eigenvalue weighted by Crippen LogP contribution is -2.41. The number of benzene rings is 1. The van der Waals surface area contributed by atoms with Crippen LogP contribution in [-0.4, -0.2) is 55.4 Å². The van der Waals surface area contributed by atoms with E-state index in [1.165, 1.54) is 6.92 Å². The van der Waals surface area contributed by atoms with Crippen molar-refractivity contribution in [3.05, 3.63) is 38.9 Å². The van der Waals surface area contributed by atoms with Gasteiger partial charge in [-0.05, 0) is 43.5 Å². The zero-order valence-electron chi connectivity index (χ0n) is 19.0. The van der Waals surface area contributed by atoms with Crippen molar-refractivity contribution < 1.29 is 69.5 Å². The molecule has 0 saturated carbocycles. The summed E-state index contributed by atoms with van der Waals surface area (Å²) in [5.41, 5.74) is -1.57. The summed E-state index contributed by atoms with van der Waals surface area (Å²) in [5, 5.41) is 8.99. The fraction of sp³-hybridized carbons (Fsp3) is 0.500. The van der Waals surface area contributed by atoms with Crippen molar-refractivity contribution in [1.82, 2.24) is 0 Å². The van der Waals surface area contributed by atoms with Gasteiger partial charge in [-0.2, -0.15) is 13.2 Å². The Bertz CT molecular complexity index is 1040. The third-order valence-electron chi connectivity index (χ3n) is 4.36. The highest BCUT2D eigenvalue weighted by molar-refractivity contribution is 5.96. The Balaban J connectivity index is 2.09. The lowest BCUT2D eigenvalue weighted by atomic mass is 9.99. The normalized spacial score (nSPS) is 15.9. The van der Waals surface area contributed by atoms with Crippen LogP contribution in [0.15, 0.2) is 17.7 Å². The minimum Gasteiger partial charge on any atom is -0.475 e. The predicted molar refractivity (Wildman–Crippen MR) is 106 cm³/mol. The molecule has 1 aromatic carbocycles. The van der Waals surface area contributed by atoms with Gasteiger partial charge in [0.15, 0.2) is 0 Å². The van der Waals surface area contributed by atoms with Crippen LogP contribution in [0.25, 0.3) is 6.08 Å². The summed E-state index contributed by atoms with van der Waals surface area (Å²) in [6.07, 6.45) is -15.2. The van der Waals surface area contributed by atoms with Gasteiger partial charge in [-0.15, -0.1) is 23.3 Å². The number of rotatable bonds is 10. The maximum atomic E-state index is 13.6. The molecule has 37 heavy (non-hydrogen) atoms. The van der Waals surface area contributed by atoms with E-state index in [0.29, 0.717) is 6.08 Å². The van der Waals surface area contributed by atoms with Crippen molar-refractivity contribution in [3.63, 3.8) is 0 Å². The molecule has 2 unspecified atom stereocenters. The predicted octanol–water partition coefficient (Wildman–Crippen LogP) is 4.63. The monoisotopic (exact) mass is 547 g/mol. The Labute approximate surface area is 203 Å². The first-order chi connectivity index (χ1) is 17.1. The molecule has 0 fully saturated rings. The molecular formula is C20H19F6NO10. The first-order valence-electron chi connectivity index (χ1n) is 10.2. The van der Waals surface area contributed by atoms with Crippen LogP contribution < -0.4 is 9.47 Å². The molecule has 1 heterocycles. The standard InChI is InChI=1S/C20H19F6NO10/c1-10-7-13(37-20(24,25)26)8-12-9-14(16(19(21,22)23)36-15(10)12)17(28)34-11(2)35-18(29)32-5-3-4-6-33-27(30)31/h7-9,11,16H,3-6H2,1-2H3. The van der Waals surface area contributed by atoms with Gasteiger partial charge in [0.2, 0.25) is 12.4 Å². The number of ether oxygens (including phenoxy) is 5. The molecule has 0 spiro atoms. The van der Waals surface area contributed by atoms with Crippen molar-refractivity contribution in [3.8, 4) is 11.5 Å². The van der Waals surface area contributed by atoms with Crippen LogP contribution in [-0.2, 0) is 23.8 Å². The summed E-state index contributed by atoms with van der Waals surface area (Å²) in [4.78, 5) is 38.1. The Morgan fingerprint density at radius 1 is 1.11 bits per heavy atom. The summed E-state index contributed by atoms with van der Waals surface area (Å²) in [6.45, 7) is 1.67. The van der Waals surface area contributed by atoms with Crippen LogP contribution in [0, 0.1) is 17.0 Å². The quantitative estimate of drug-likeness (QED) is 0.102. The molecule has 0 bridgehead atoms. The summed E-state index contributed by atoms with van der Waals surface area (Å²) in [6, 6.07) is 1.54. The van der Waals surface area contributed by atoms with Gasteiger partial charge in [-0.3, -0.25) is 0 Å².